The van der Waals surface area contributed by atoms with Gasteiger partial charge in [-0.25, -0.2) is 15.0 Å². The summed E-state index contributed by atoms with van der Waals surface area (Å²) in [6.45, 7) is 0. The molecule has 1 saturated heterocycles. The van der Waals surface area contributed by atoms with Gasteiger partial charge in [0.05, 0.1) is 11.7 Å². The molecule has 2 aromatic rings. The summed E-state index contributed by atoms with van der Waals surface area (Å²) in [7, 11) is 0. The number of fused-ring (bicyclic) bond motifs is 1. The fourth-order valence-electron chi connectivity index (χ4n) is 1.81. The van der Waals surface area contributed by atoms with Gasteiger partial charge in [0.1, 0.15) is 15.5 Å². The number of hydrogen-bond acceptors (Lipinski definition) is 4. The standard InChI is InChI=1S/C9H9IN4S/c10-8-7-9(12-4-11-8)14(5-13-7)6-2-1-3-15-6/h4-6H,1-3H2. The van der Waals surface area contributed by atoms with Gasteiger partial charge in [0.15, 0.2) is 5.65 Å². The van der Waals surface area contributed by atoms with Crippen LogP contribution in [0.5, 0.6) is 0 Å². The molecule has 6 heteroatoms. The lowest BCUT2D eigenvalue weighted by Crippen LogP contribution is -2.01. The summed E-state index contributed by atoms with van der Waals surface area (Å²) in [5.74, 6) is 1.24. The molecule has 2 aromatic heterocycles. The van der Waals surface area contributed by atoms with Crippen molar-refractivity contribution in [2.75, 3.05) is 5.75 Å². The lowest BCUT2D eigenvalue weighted by atomic mass is 10.3. The average molecular weight is 332 g/mol. The molecule has 78 valence electrons. The van der Waals surface area contributed by atoms with Gasteiger partial charge in [-0.1, -0.05) is 0 Å². The zero-order valence-corrected chi connectivity index (χ0v) is 10.9. The van der Waals surface area contributed by atoms with E-state index in [1.165, 1.54) is 18.6 Å². The second-order valence-electron chi connectivity index (χ2n) is 3.46. The number of halogens is 1. The first-order valence-corrected chi connectivity index (χ1v) is 6.93. The summed E-state index contributed by atoms with van der Waals surface area (Å²) < 4.78 is 3.11. The van der Waals surface area contributed by atoms with Crippen LogP contribution in [0.25, 0.3) is 11.2 Å². The van der Waals surface area contributed by atoms with Crippen LogP contribution in [-0.4, -0.2) is 25.3 Å². The van der Waals surface area contributed by atoms with E-state index >= 15 is 0 Å². The maximum Gasteiger partial charge on any atom is 0.165 e. The van der Waals surface area contributed by atoms with Crippen molar-refractivity contribution in [3.8, 4) is 0 Å². The SMILES string of the molecule is Ic1ncnc2c1ncn2C1CCCS1. The second kappa shape index (κ2) is 3.89. The van der Waals surface area contributed by atoms with Crippen LogP contribution in [0.1, 0.15) is 18.2 Å². The third-order valence-electron chi connectivity index (χ3n) is 2.53. The molecule has 15 heavy (non-hydrogen) atoms. The van der Waals surface area contributed by atoms with Gasteiger partial charge in [-0.3, -0.25) is 0 Å². The Balaban J connectivity index is 2.15. The van der Waals surface area contributed by atoms with Crippen LogP contribution in [0.4, 0.5) is 0 Å². The van der Waals surface area contributed by atoms with Gasteiger partial charge in [-0.05, 0) is 41.2 Å². The zero-order chi connectivity index (χ0) is 10.3. The lowest BCUT2D eigenvalue weighted by molar-refractivity contribution is 0.654. The van der Waals surface area contributed by atoms with E-state index in [0.29, 0.717) is 5.37 Å². The van der Waals surface area contributed by atoms with Crippen LogP contribution in [0.3, 0.4) is 0 Å². The predicted octanol–water partition coefficient (Wildman–Crippen LogP) is 2.46. The molecular weight excluding hydrogens is 323 g/mol. The molecule has 0 aromatic carbocycles. The van der Waals surface area contributed by atoms with E-state index in [-0.39, 0.29) is 0 Å². The Hall–Kier alpha value is -0.370. The molecule has 3 rings (SSSR count). The number of hydrogen-bond donors (Lipinski definition) is 0. The van der Waals surface area contributed by atoms with E-state index in [9.17, 15) is 0 Å². The Morgan fingerprint density at radius 3 is 3.13 bits per heavy atom. The molecule has 1 aliphatic heterocycles. The fraction of sp³-hybridized carbons (Fsp3) is 0.444. The smallest absolute Gasteiger partial charge is 0.165 e. The van der Waals surface area contributed by atoms with Crippen molar-refractivity contribution in [1.82, 2.24) is 19.5 Å². The summed E-state index contributed by atoms with van der Waals surface area (Å²) in [5.41, 5.74) is 1.89. The molecule has 1 atom stereocenters. The largest absolute Gasteiger partial charge is 0.302 e. The molecule has 0 aliphatic carbocycles. The van der Waals surface area contributed by atoms with Crippen LogP contribution in [-0.2, 0) is 0 Å². The number of aromatic nitrogens is 4. The number of rotatable bonds is 1. The minimum Gasteiger partial charge on any atom is -0.302 e. The molecule has 0 bridgehead atoms. The van der Waals surface area contributed by atoms with Crippen molar-refractivity contribution in [1.29, 1.82) is 0 Å². The lowest BCUT2D eigenvalue weighted by Gasteiger charge is -2.10. The highest BCUT2D eigenvalue weighted by molar-refractivity contribution is 14.1. The zero-order valence-electron chi connectivity index (χ0n) is 7.93. The fourth-order valence-corrected chi connectivity index (χ4v) is 3.57. The van der Waals surface area contributed by atoms with Gasteiger partial charge < -0.3 is 4.57 Å². The van der Waals surface area contributed by atoms with Crippen molar-refractivity contribution >= 4 is 45.5 Å². The summed E-state index contributed by atoms with van der Waals surface area (Å²) in [4.78, 5) is 12.8. The molecule has 0 radical (unpaired) electrons. The van der Waals surface area contributed by atoms with Crippen molar-refractivity contribution in [2.45, 2.75) is 18.2 Å². The molecule has 3 heterocycles. The molecule has 0 spiro atoms. The van der Waals surface area contributed by atoms with Crippen molar-refractivity contribution in [3.63, 3.8) is 0 Å². The minimum absolute atomic E-state index is 0.515. The monoisotopic (exact) mass is 332 g/mol. The van der Waals surface area contributed by atoms with Gasteiger partial charge in [-0.15, -0.1) is 11.8 Å². The molecule has 1 unspecified atom stereocenters. The average Bonchev–Trinajstić information content (AvgIpc) is 2.85. The number of thioether (sulfide) groups is 1. The Kier molecular flexibility index (Phi) is 2.55. The summed E-state index contributed by atoms with van der Waals surface area (Å²) >= 11 is 4.18. The molecule has 1 fully saturated rings. The van der Waals surface area contributed by atoms with Gasteiger partial charge in [-0.2, -0.15) is 0 Å². The predicted molar refractivity (Wildman–Crippen MR) is 68.8 cm³/mol. The topological polar surface area (TPSA) is 43.6 Å². The van der Waals surface area contributed by atoms with E-state index in [0.717, 1.165) is 14.9 Å². The van der Waals surface area contributed by atoms with Crippen molar-refractivity contribution in [2.24, 2.45) is 0 Å². The normalized spacial score (nSPS) is 21.3. The molecule has 0 N–H and O–H groups in total. The number of imidazole rings is 1. The Morgan fingerprint density at radius 2 is 2.33 bits per heavy atom. The van der Waals surface area contributed by atoms with Crippen LogP contribution in [0.2, 0.25) is 0 Å². The third kappa shape index (κ3) is 1.63. The van der Waals surface area contributed by atoms with E-state index in [1.807, 2.05) is 18.1 Å². The Labute approximate surface area is 105 Å². The van der Waals surface area contributed by atoms with Crippen LogP contribution in [0.15, 0.2) is 12.7 Å². The summed E-state index contributed by atoms with van der Waals surface area (Å²) in [6.07, 6.45) is 6.01. The molecular formula is C9H9IN4S. The van der Waals surface area contributed by atoms with E-state index in [2.05, 4.69) is 42.1 Å². The maximum absolute atomic E-state index is 4.38. The van der Waals surface area contributed by atoms with E-state index in [4.69, 9.17) is 0 Å². The van der Waals surface area contributed by atoms with Crippen LogP contribution in [0, 0.1) is 3.70 Å². The van der Waals surface area contributed by atoms with Crippen LogP contribution >= 0.6 is 34.4 Å². The quantitative estimate of drug-likeness (QED) is 0.594. The minimum atomic E-state index is 0.515. The van der Waals surface area contributed by atoms with Gasteiger partial charge in [0.25, 0.3) is 0 Å². The van der Waals surface area contributed by atoms with Gasteiger partial charge >= 0.3 is 0 Å². The molecule has 1 aliphatic rings. The first-order valence-electron chi connectivity index (χ1n) is 4.81. The van der Waals surface area contributed by atoms with Gasteiger partial charge in [0, 0.05) is 0 Å². The molecule has 0 saturated carbocycles. The highest BCUT2D eigenvalue weighted by Crippen LogP contribution is 2.37. The van der Waals surface area contributed by atoms with Crippen molar-refractivity contribution < 1.29 is 0 Å². The van der Waals surface area contributed by atoms with Gasteiger partial charge in [0.2, 0.25) is 0 Å². The Morgan fingerprint density at radius 1 is 1.40 bits per heavy atom. The number of nitrogens with zero attached hydrogens (tertiary/aromatic N) is 4. The summed E-state index contributed by atoms with van der Waals surface area (Å²) in [5, 5.41) is 0.515. The highest BCUT2D eigenvalue weighted by Gasteiger charge is 2.20. The van der Waals surface area contributed by atoms with Crippen molar-refractivity contribution in [3.05, 3.63) is 16.4 Å². The van der Waals surface area contributed by atoms with E-state index in [1.54, 1.807) is 6.33 Å². The Bertz CT molecular complexity index is 492. The summed E-state index contributed by atoms with van der Waals surface area (Å²) in [6, 6.07) is 0. The van der Waals surface area contributed by atoms with Crippen LogP contribution < -0.4 is 0 Å². The second-order valence-corrected chi connectivity index (χ2v) is 5.76. The maximum atomic E-state index is 4.38. The first kappa shape index (κ1) is 9.83. The molecule has 0 amide bonds. The molecule has 4 nitrogen and oxygen atoms in total. The first-order chi connectivity index (χ1) is 7.36. The third-order valence-corrected chi connectivity index (χ3v) is 4.69. The van der Waals surface area contributed by atoms with E-state index < -0.39 is 0 Å². The highest BCUT2D eigenvalue weighted by atomic mass is 127.